The van der Waals surface area contributed by atoms with Crippen LogP contribution in [0.15, 0.2) is 92.4 Å². The molecule has 1 saturated carbocycles. The van der Waals surface area contributed by atoms with Crippen molar-refractivity contribution in [1.29, 1.82) is 0 Å². The van der Waals surface area contributed by atoms with Crippen molar-refractivity contribution in [3.63, 3.8) is 0 Å². The van der Waals surface area contributed by atoms with Gasteiger partial charge in [-0.05, 0) is 42.5 Å². The first-order chi connectivity index (χ1) is 12.9. The molecule has 6 heteroatoms. The molecule has 0 aromatic heterocycles. The van der Waals surface area contributed by atoms with Crippen molar-refractivity contribution in [3.05, 3.63) is 82.6 Å². The Morgan fingerprint density at radius 2 is 0.963 bits per heavy atom. The molecule has 3 aliphatic rings. The molecule has 0 unspecified atom stereocenters. The van der Waals surface area contributed by atoms with E-state index in [1.165, 1.54) is 24.3 Å². The minimum Gasteiger partial charge on any atom is -0.219 e. The fraction of sp³-hybridized carbons (Fsp3) is 0.238. The van der Waals surface area contributed by atoms with Crippen molar-refractivity contribution in [2.75, 3.05) is 0 Å². The Morgan fingerprint density at radius 3 is 1.33 bits per heavy atom. The van der Waals surface area contributed by atoms with Crippen molar-refractivity contribution >= 4 is 19.7 Å². The number of rotatable bonds is 4. The van der Waals surface area contributed by atoms with E-state index < -0.39 is 19.7 Å². The van der Waals surface area contributed by atoms with E-state index in [-0.39, 0.29) is 43.3 Å². The molecule has 2 bridgehead atoms. The highest BCUT2D eigenvalue weighted by Gasteiger charge is 2.61. The van der Waals surface area contributed by atoms with Crippen LogP contribution in [0, 0.1) is 23.7 Å². The Morgan fingerprint density at radius 1 is 0.593 bits per heavy atom. The largest absolute Gasteiger partial charge is 0.219 e. The molecule has 0 heterocycles. The van der Waals surface area contributed by atoms with Gasteiger partial charge in [-0.15, -0.1) is 0 Å². The molecule has 5 rings (SSSR count). The van der Waals surface area contributed by atoms with E-state index in [0.29, 0.717) is 0 Å². The number of fused-ring (bicyclic) bond motifs is 5. The van der Waals surface area contributed by atoms with Crippen LogP contribution in [-0.4, -0.2) is 16.8 Å². The quantitative estimate of drug-likeness (QED) is 0.738. The maximum absolute atomic E-state index is 13.4. The summed E-state index contributed by atoms with van der Waals surface area (Å²) in [5.74, 6) is -0.219. The normalized spacial score (nSPS) is 28.9. The summed E-state index contributed by atoms with van der Waals surface area (Å²) in [5.41, 5.74) is 0. The van der Waals surface area contributed by atoms with Crippen LogP contribution in [0.25, 0.3) is 0 Å². The summed E-state index contributed by atoms with van der Waals surface area (Å²) in [7, 11) is -7.71. The van der Waals surface area contributed by atoms with Gasteiger partial charge in [-0.25, -0.2) is 16.8 Å². The highest BCUT2D eigenvalue weighted by atomic mass is 32.2. The molecule has 138 valence electrons. The number of benzene rings is 2. The van der Waals surface area contributed by atoms with Gasteiger partial charge in [-0.1, -0.05) is 48.6 Å². The third-order valence-corrected chi connectivity index (χ3v) is 10.1. The molecule has 0 spiro atoms. The molecule has 0 N–H and O–H groups in total. The summed E-state index contributed by atoms with van der Waals surface area (Å²) < 4.78 is 53.5. The third-order valence-electron chi connectivity index (χ3n) is 5.99. The van der Waals surface area contributed by atoms with Gasteiger partial charge < -0.3 is 0 Å². The summed E-state index contributed by atoms with van der Waals surface area (Å²) in [4.78, 5) is 0.538. The predicted molar refractivity (Wildman–Crippen MR) is 102 cm³/mol. The van der Waals surface area contributed by atoms with Crippen LogP contribution in [0.4, 0.5) is 0 Å². The van der Waals surface area contributed by atoms with Gasteiger partial charge in [-0.2, -0.15) is 0 Å². The van der Waals surface area contributed by atoms with E-state index in [0.717, 1.165) is 6.42 Å². The molecule has 0 aliphatic heterocycles. The molecule has 4 nitrogen and oxygen atoms in total. The summed E-state index contributed by atoms with van der Waals surface area (Å²) in [6.45, 7) is 0. The molecular weight excluding hydrogens is 380 g/mol. The van der Waals surface area contributed by atoms with Gasteiger partial charge in [0, 0.05) is 11.8 Å². The van der Waals surface area contributed by atoms with Crippen LogP contribution < -0.4 is 0 Å². The van der Waals surface area contributed by atoms with Gasteiger partial charge in [0.1, 0.15) is 0 Å². The molecule has 0 radical (unpaired) electrons. The Kier molecular flexibility index (Phi) is 3.55. The average molecular weight is 399 g/mol. The van der Waals surface area contributed by atoms with E-state index in [4.69, 9.17) is 0 Å². The molecule has 3 aliphatic carbocycles. The van der Waals surface area contributed by atoms with Crippen LogP contribution in [0.1, 0.15) is 6.42 Å². The monoisotopic (exact) mass is 398 g/mol. The third kappa shape index (κ3) is 2.26. The Labute approximate surface area is 159 Å². The van der Waals surface area contributed by atoms with Gasteiger partial charge in [0.05, 0.1) is 19.6 Å². The molecule has 1 fully saturated rings. The number of sulfone groups is 2. The molecule has 27 heavy (non-hydrogen) atoms. The second kappa shape index (κ2) is 5.66. The zero-order valence-electron chi connectivity index (χ0n) is 14.4. The fourth-order valence-electron chi connectivity index (χ4n) is 4.85. The van der Waals surface area contributed by atoms with Crippen molar-refractivity contribution in [2.24, 2.45) is 23.7 Å². The zero-order chi connectivity index (χ0) is 18.8. The zero-order valence-corrected chi connectivity index (χ0v) is 16.0. The standard InChI is InChI=1S/C21H18O4S2/c22-26(23,16-7-3-1-4-8-16)20-18-14-11-12-15(13-14)19(18)21(20)27(24,25)17-9-5-2-6-10-17/h1-12,14-15,18-19H,13H2/t14-,15+,18+,19-. The highest BCUT2D eigenvalue weighted by Crippen LogP contribution is 2.64. The molecule has 4 atom stereocenters. The Balaban J connectivity index is 1.74. The second-order valence-corrected chi connectivity index (χ2v) is 11.2. The van der Waals surface area contributed by atoms with Crippen molar-refractivity contribution in [3.8, 4) is 0 Å². The topological polar surface area (TPSA) is 68.3 Å². The summed E-state index contributed by atoms with van der Waals surface area (Å²) in [6, 6.07) is 16.3. The van der Waals surface area contributed by atoms with E-state index in [1.807, 2.05) is 0 Å². The number of hydrogen-bond acceptors (Lipinski definition) is 4. The number of hydrogen-bond donors (Lipinski definition) is 0. The SMILES string of the molecule is O=S(=O)(C1=C(S(=O)(=O)c2ccccc2)[C@H]2[C@@H]1[C@@H]1C=C[C@H]2C1)c1ccccc1. The first kappa shape index (κ1) is 17.0. The molecule has 0 saturated heterocycles. The smallest absolute Gasteiger partial charge is 0.204 e. The van der Waals surface area contributed by atoms with Crippen LogP contribution in [0.5, 0.6) is 0 Å². The van der Waals surface area contributed by atoms with E-state index in [9.17, 15) is 16.8 Å². The van der Waals surface area contributed by atoms with Gasteiger partial charge in [-0.3, -0.25) is 0 Å². The van der Waals surface area contributed by atoms with Gasteiger partial charge in [0.15, 0.2) is 0 Å². The molecular formula is C21H18O4S2. The van der Waals surface area contributed by atoms with Gasteiger partial charge in [0.2, 0.25) is 19.7 Å². The lowest BCUT2D eigenvalue weighted by Crippen LogP contribution is -2.40. The summed E-state index contributed by atoms with van der Waals surface area (Å²) >= 11 is 0. The predicted octanol–water partition coefficient (Wildman–Crippen LogP) is 3.60. The van der Waals surface area contributed by atoms with Crippen LogP contribution >= 0.6 is 0 Å². The van der Waals surface area contributed by atoms with Crippen LogP contribution in [-0.2, 0) is 19.7 Å². The van der Waals surface area contributed by atoms with Crippen LogP contribution in [0.3, 0.4) is 0 Å². The second-order valence-electron chi connectivity index (χ2n) is 7.36. The lowest BCUT2D eigenvalue weighted by Gasteiger charge is -2.41. The fourth-order valence-corrected chi connectivity index (χ4v) is 9.20. The lowest BCUT2D eigenvalue weighted by atomic mass is 9.74. The Hall–Kier alpha value is -2.18. The molecule has 2 aromatic rings. The number of allylic oxidation sites excluding steroid dienone is 4. The van der Waals surface area contributed by atoms with E-state index in [2.05, 4.69) is 12.2 Å². The average Bonchev–Trinajstić information content (AvgIpc) is 3.20. The summed E-state index contributed by atoms with van der Waals surface area (Å²) in [5, 5.41) is 0. The Bertz CT molecular complexity index is 1080. The first-order valence-electron chi connectivity index (χ1n) is 8.95. The van der Waals surface area contributed by atoms with Crippen molar-refractivity contribution in [1.82, 2.24) is 0 Å². The minimum absolute atomic E-state index is 0.111. The van der Waals surface area contributed by atoms with Gasteiger partial charge >= 0.3 is 0 Å². The van der Waals surface area contributed by atoms with E-state index in [1.54, 1.807) is 36.4 Å². The lowest BCUT2D eigenvalue weighted by molar-refractivity contribution is 0.371. The van der Waals surface area contributed by atoms with Crippen molar-refractivity contribution < 1.29 is 16.8 Å². The molecule has 0 amide bonds. The van der Waals surface area contributed by atoms with E-state index >= 15 is 0 Å². The summed E-state index contributed by atoms with van der Waals surface area (Å²) in [6.07, 6.45) is 4.94. The maximum atomic E-state index is 13.4. The maximum Gasteiger partial charge on any atom is 0.204 e. The van der Waals surface area contributed by atoms with Gasteiger partial charge in [0.25, 0.3) is 0 Å². The minimum atomic E-state index is -3.85. The van der Waals surface area contributed by atoms with Crippen LogP contribution in [0.2, 0.25) is 0 Å². The highest BCUT2D eigenvalue weighted by molar-refractivity contribution is 7.99. The van der Waals surface area contributed by atoms with Crippen molar-refractivity contribution in [2.45, 2.75) is 16.2 Å². The first-order valence-corrected chi connectivity index (χ1v) is 11.9. The molecule has 2 aromatic carbocycles.